The summed E-state index contributed by atoms with van der Waals surface area (Å²) in [7, 11) is 1.64. The molecule has 0 saturated heterocycles. The molecule has 0 amide bonds. The first-order valence-electron chi connectivity index (χ1n) is 10.1. The van der Waals surface area contributed by atoms with Crippen LogP contribution >= 0.6 is 23.1 Å². The van der Waals surface area contributed by atoms with Gasteiger partial charge in [-0.1, -0.05) is 40.8 Å². The minimum Gasteiger partial charge on any atom is -0.497 e. The molecule has 0 bridgehead atoms. The lowest BCUT2D eigenvalue weighted by molar-refractivity contribution is 0.102. The maximum Gasteiger partial charge on any atom is 0.210 e. The second kappa shape index (κ2) is 9.58. The first-order valence-corrected chi connectivity index (χ1v) is 11.9. The molecule has 4 rings (SSSR count). The van der Waals surface area contributed by atoms with Crippen molar-refractivity contribution in [1.29, 1.82) is 0 Å². The maximum atomic E-state index is 12.9. The molecule has 32 heavy (non-hydrogen) atoms. The van der Waals surface area contributed by atoms with E-state index < -0.39 is 0 Å². The van der Waals surface area contributed by atoms with Gasteiger partial charge < -0.3 is 14.6 Å². The molecule has 0 fully saturated rings. The van der Waals surface area contributed by atoms with Gasteiger partial charge in [0.1, 0.15) is 5.75 Å². The largest absolute Gasteiger partial charge is 0.497 e. The Hall–Kier alpha value is -3.10. The average Bonchev–Trinajstić information content (AvgIpc) is 3.37. The van der Waals surface area contributed by atoms with Gasteiger partial charge in [-0.15, -0.1) is 10.2 Å². The van der Waals surface area contributed by atoms with Crippen LogP contribution in [0.5, 0.6) is 5.75 Å². The van der Waals surface area contributed by atoms with Gasteiger partial charge in [-0.25, -0.2) is 0 Å². The minimum atomic E-state index is 0.0846. The number of carbonyl (C=O) groups excluding carboxylic acids is 1. The van der Waals surface area contributed by atoms with E-state index in [1.807, 2.05) is 44.2 Å². The minimum absolute atomic E-state index is 0.0846. The predicted molar refractivity (Wildman–Crippen MR) is 131 cm³/mol. The van der Waals surface area contributed by atoms with Crippen molar-refractivity contribution in [3.63, 3.8) is 0 Å². The lowest BCUT2D eigenvalue weighted by Crippen LogP contribution is -2.05. The summed E-state index contributed by atoms with van der Waals surface area (Å²) in [6.07, 6.45) is 0. The van der Waals surface area contributed by atoms with Gasteiger partial charge in [0.2, 0.25) is 5.13 Å². The molecular weight excluding hydrogens is 440 g/mol. The molecule has 0 radical (unpaired) electrons. The van der Waals surface area contributed by atoms with Gasteiger partial charge >= 0.3 is 0 Å². The number of hydrogen-bond acceptors (Lipinski definition) is 7. The number of rotatable bonds is 8. The van der Waals surface area contributed by atoms with Crippen LogP contribution in [0.3, 0.4) is 0 Å². The molecule has 2 heterocycles. The highest BCUT2D eigenvalue weighted by Crippen LogP contribution is 2.30. The Labute approximate surface area is 195 Å². The van der Waals surface area contributed by atoms with Crippen LogP contribution < -0.4 is 10.1 Å². The summed E-state index contributed by atoms with van der Waals surface area (Å²) in [5, 5.41) is 12.3. The molecular formula is C24H24N4O2S2. The third kappa shape index (κ3) is 4.87. The highest BCUT2D eigenvalue weighted by atomic mass is 32.2. The Morgan fingerprint density at radius 3 is 2.47 bits per heavy atom. The molecule has 6 nitrogen and oxygen atoms in total. The van der Waals surface area contributed by atoms with Crippen molar-refractivity contribution in [2.45, 2.75) is 25.1 Å². The normalized spacial score (nSPS) is 10.9. The third-order valence-corrected chi connectivity index (χ3v) is 7.07. The van der Waals surface area contributed by atoms with Crippen molar-refractivity contribution >= 4 is 39.7 Å². The maximum absolute atomic E-state index is 12.9. The van der Waals surface area contributed by atoms with Gasteiger partial charge in [-0.3, -0.25) is 4.79 Å². The van der Waals surface area contributed by atoms with Crippen molar-refractivity contribution in [3.8, 4) is 11.4 Å². The van der Waals surface area contributed by atoms with E-state index in [1.165, 1.54) is 28.7 Å². The van der Waals surface area contributed by atoms with Gasteiger partial charge in [-0.05, 0) is 63.2 Å². The third-order valence-electron chi connectivity index (χ3n) is 5.10. The van der Waals surface area contributed by atoms with Crippen LogP contribution in [-0.4, -0.2) is 33.4 Å². The number of nitrogens with zero attached hydrogens (tertiary/aromatic N) is 3. The standard InChI is InChI=1S/C24H24N4O2S2/c1-15-5-9-19(10-6-15)28-16(2)13-21(17(28)3)22(29)14-31-24-27-26-23(32-24)25-18-7-11-20(30-4)12-8-18/h5-13H,14H2,1-4H3,(H,25,26). The number of ketones is 1. The van der Waals surface area contributed by atoms with Crippen molar-refractivity contribution < 1.29 is 9.53 Å². The van der Waals surface area contributed by atoms with E-state index in [0.717, 1.165) is 38.4 Å². The fraction of sp³-hybridized carbons (Fsp3) is 0.208. The molecule has 8 heteroatoms. The van der Waals surface area contributed by atoms with Crippen LogP contribution in [0.15, 0.2) is 58.9 Å². The number of carbonyl (C=O) groups is 1. The number of anilines is 2. The molecule has 0 aliphatic carbocycles. The van der Waals surface area contributed by atoms with E-state index in [-0.39, 0.29) is 5.78 Å². The number of aryl methyl sites for hydroxylation is 2. The quantitative estimate of drug-likeness (QED) is 0.255. The van der Waals surface area contributed by atoms with E-state index >= 15 is 0 Å². The van der Waals surface area contributed by atoms with Crippen molar-refractivity contribution in [2.75, 3.05) is 18.2 Å². The first kappa shape index (κ1) is 22.1. The number of nitrogens with one attached hydrogen (secondary N) is 1. The summed E-state index contributed by atoms with van der Waals surface area (Å²) in [6.45, 7) is 6.09. The molecule has 0 saturated carbocycles. The Balaban J connectivity index is 1.41. The van der Waals surface area contributed by atoms with E-state index in [9.17, 15) is 4.79 Å². The zero-order valence-corrected chi connectivity index (χ0v) is 20.0. The summed E-state index contributed by atoms with van der Waals surface area (Å²) >= 11 is 2.84. The lowest BCUT2D eigenvalue weighted by Gasteiger charge is -2.10. The van der Waals surface area contributed by atoms with Gasteiger partial charge in [0.25, 0.3) is 0 Å². The number of thioether (sulfide) groups is 1. The monoisotopic (exact) mass is 464 g/mol. The SMILES string of the molecule is COc1ccc(Nc2nnc(SCC(=O)c3cc(C)n(-c4ccc(C)cc4)c3C)s2)cc1. The second-order valence-electron chi connectivity index (χ2n) is 7.39. The number of methoxy groups -OCH3 is 1. The summed E-state index contributed by atoms with van der Waals surface area (Å²) in [6, 6.07) is 17.9. The zero-order valence-electron chi connectivity index (χ0n) is 18.4. The summed E-state index contributed by atoms with van der Waals surface area (Å²) < 4.78 is 8.05. The lowest BCUT2D eigenvalue weighted by atomic mass is 10.2. The Morgan fingerprint density at radius 1 is 1.06 bits per heavy atom. The highest BCUT2D eigenvalue weighted by molar-refractivity contribution is 8.01. The highest BCUT2D eigenvalue weighted by Gasteiger charge is 2.18. The van der Waals surface area contributed by atoms with E-state index in [2.05, 4.69) is 51.3 Å². The van der Waals surface area contributed by atoms with Crippen molar-refractivity contribution in [2.24, 2.45) is 0 Å². The average molecular weight is 465 g/mol. The summed E-state index contributed by atoms with van der Waals surface area (Å²) in [4.78, 5) is 12.9. The van der Waals surface area contributed by atoms with Gasteiger partial charge in [-0.2, -0.15) is 0 Å². The topological polar surface area (TPSA) is 69.0 Å². The van der Waals surface area contributed by atoms with E-state index in [0.29, 0.717) is 10.9 Å². The smallest absolute Gasteiger partial charge is 0.210 e. The zero-order chi connectivity index (χ0) is 22.7. The summed E-state index contributed by atoms with van der Waals surface area (Å²) in [5.41, 5.74) is 5.92. The predicted octanol–water partition coefficient (Wildman–Crippen LogP) is 5.98. The summed E-state index contributed by atoms with van der Waals surface area (Å²) in [5.74, 6) is 1.20. The van der Waals surface area contributed by atoms with Crippen LogP contribution in [0, 0.1) is 20.8 Å². The van der Waals surface area contributed by atoms with Crippen LogP contribution in [0.25, 0.3) is 5.69 Å². The molecule has 4 aromatic rings. The van der Waals surface area contributed by atoms with Crippen LogP contribution in [0.4, 0.5) is 10.8 Å². The number of Topliss-reactive ketones (excluding diaryl/α,β-unsaturated/α-hetero) is 1. The van der Waals surface area contributed by atoms with Gasteiger partial charge in [0.05, 0.1) is 12.9 Å². The van der Waals surface area contributed by atoms with E-state index in [1.54, 1.807) is 7.11 Å². The van der Waals surface area contributed by atoms with Crippen LogP contribution in [-0.2, 0) is 0 Å². The number of benzene rings is 2. The molecule has 2 aromatic carbocycles. The van der Waals surface area contributed by atoms with Crippen molar-refractivity contribution in [3.05, 3.63) is 77.1 Å². The molecule has 0 aliphatic heterocycles. The van der Waals surface area contributed by atoms with Gasteiger partial charge in [0, 0.05) is 28.3 Å². The van der Waals surface area contributed by atoms with Crippen LogP contribution in [0.1, 0.15) is 27.3 Å². The number of ether oxygens (including phenoxy) is 1. The number of aromatic nitrogens is 3. The van der Waals surface area contributed by atoms with E-state index in [4.69, 9.17) is 4.74 Å². The van der Waals surface area contributed by atoms with Crippen LogP contribution in [0.2, 0.25) is 0 Å². The molecule has 164 valence electrons. The Bertz CT molecular complexity index is 1230. The fourth-order valence-electron chi connectivity index (χ4n) is 3.46. The molecule has 0 aliphatic rings. The van der Waals surface area contributed by atoms with Crippen molar-refractivity contribution in [1.82, 2.24) is 14.8 Å². The first-order chi connectivity index (χ1) is 15.4. The molecule has 1 N–H and O–H groups in total. The molecule has 0 atom stereocenters. The Morgan fingerprint density at radius 2 is 1.78 bits per heavy atom. The molecule has 0 unspecified atom stereocenters. The van der Waals surface area contributed by atoms with Gasteiger partial charge in [0.15, 0.2) is 10.1 Å². The molecule has 0 spiro atoms. The number of hydrogen-bond donors (Lipinski definition) is 1. The fourth-order valence-corrected chi connectivity index (χ4v) is 5.11. The molecule has 2 aromatic heterocycles. The Kier molecular flexibility index (Phi) is 6.62. The second-order valence-corrected chi connectivity index (χ2v) is 9.59.